The van der Waals surface area contributed by atoms with Crippen molar-refractivity contribution in [2.45, 2.75) is 0 Å². The first kappa shape index (κ1) is 17.0. The summed E-state index contributed by atoms with van der Waals surface area (Å²) in [6.45, 7) is 4.12. The Morgan fingerprint density at radius 3 is 2.56 bits per heavy atom. The molecule has 3 aromatic carbocycles. The Kier molecular flexibility index (Phi) is 5.33. The van der Waals surface area contributed by atoms with Gasteiger partial charge in [0.15, 0.2) is 0 Å². The Morgan fingerprint density at radius 2 is 1.84 bits per heavy atom. The summed E-state index contributed by atoms with van der Waals surface area (Å²) in [5.41, 5.74) is 2.36. The Labute approximate surface area is 155 Å². The lowest BCUT2D eigenvalue weighted by Gasteiger charge is -2.11. The van der Waals surface area contributed by atoms with Gasteiger partial charge in [0.05, 0.1) is 11.6 Å². The van der Waals surface area contributed by atoms with Gasteiger partial charge >= 0.3 is 0 Å². The fraction of sp³-hybridized carbons (Fsp3) is 0.0455. The number of allylic oxidation sites excluding steroid dienone is 1. The van der Waals surface area contributed by atoms with Crippen molar-refractivity contribution in [1.82, 2.24) is 0 Å². The summed E-state index contributed by atoms with van der Waals surface area (Å²) in [5.74, 6) is 0.739. The standard InChI is InChI=1S/C22H16BrNO/c1-2-13-25-22-12-9-17-5-3-4-6-20(17)21(22)14-18(15-24)16-7-10-19(23)11-8-16/h2-12,14H,1,13H2/b18-14+. The van der Waals surface area contributed by atoms with Crippen molar-refractivity contribution < 1.29 is 4.74 Å². The first-order valence-corrected chi connectivity index (χ1v) is 8.65. The molecule has 0 aromatic heterocycles. The molecule has 0 amide bonds. The number of fused-ring (bicyclic) bond motifs is 1. The number of halogens is 1. The van der Waals surface area contributed by atoms with Gasteiger partial charge in [0, 0.05) is 10.0 Å². The summed E-state index contributed by atoms with van der Waals surface area (Å²) in [7, 11) is 0. The first-order valence-electron chi connectivity index (χ1n) is 7.86. The van der Waals surface area contributed by atoms with E-state index in [1.807, 2.05) is 60.7 Å². The van der Waals surface area contributed by atoms with E-state index in [4.69, 9.17) is 4.74 Å². The smallest absolute Gasteiger partial charge is 0.127 e. The lowest BCUT2D eigenvalue weighted by molar-refractivity contribution is 0.363. The molecule has 0 heterocycles. The molecule has 3 heteroatoms. The number of nitriles is 1. The van der Waals surface area contributed by atoms with E-state index in [9.17, 15) is 5.26 Å². The maximum Gasteiger partial charge on any atom is 0.127 e. The van der Waals surface area contributed by atoms with Gasteiger partial charge in [-0.25, -0.2) is 0 Å². The van der Waals surface area contributed by atoms with E-state index in [1.165, 1.54) is 0 Å². The Hall–Kier alpha value is -2.83. The molecule has 0 N–H and O–H groups in total. The molecule has 2 nitrogen and oxygen atoms in total. The molecular weight excluding hydrogens is 374 g/mol. The van der Waals surface area contributed by atoms with Crippen LogP contribution in [0.25, 0.3) is 22.4 Å². The second kappa shape index (κ2) is 7.83. The predicted molar refractivity (Wildman–Crippen MR) is 107 cm³/mol. The van der Waals surface area contributed by atoms with Gasteiger partial charge in [-0.1, -0.05) is 71.0 Å². The highest BCUT2D eigenvalue weighted by Gasteiger charge is 2.09. The zero-order valence-electron chi connectivity index (χ0n) is 13.6. The Bertz CT molecular complexity index is 981. The van der Waals surface area contributed by atoms with Crippen LogP contribution in [0.15, 0.2) is 77.8 Å². The highest BCUT2D eigenvalue weighted by atomic mass is 79.9. The van der Waals surface area contributed by atoms with E-state index in [1.54, 1.807) is 6.08 Å². The average Bonchev–Trinajstić information content (AvgIpc) is 2.65. The fourth-order valence-electron chi connectivity index (χ4n) is 2.65. The first-order chi connectivity index (χ1) is 12.2. The van der Waals surface area contributed by atoms with Crippen molar-refractivity contribution in [2.24, 2.45) is 0 Å². The van der Waals surface area contributed by atoms with Crippen LogP contribution in [0.5, 0.6) is 5.75 Å². The summed E-state index contributed by atoms with van der Waals surface area (Å²) in [6, 6.07) is 22.1. The normalized spacial score (nSPS) is 11.1. The number of benzene rings is 3. The number of nitrogens with zero attached hydrogens (tertiary/aromatic N) is 1. The third-order valence-electron chi connectivity index (χ3n) is 3.85. The van der Waals surface area contributed by atoms with Crippen LogP contribution in [0.4, 0.5) is 0 Å². The zero-order valence-corrected chi connectivity index (χ0v) is 15.2. The minimum absolute atomic E-state index is 0.416. The van der Waals surface area contributed by atoms with E-state index in [2.05, 4.69) is 34.6 Å². The summed E-state index contributed by atoms with van der Waals surface area (Å²) in [6.07, 6.45) is 3.60. The molecule has 0 aliphatic rings. The monoisotopic (exact) mass is 389 g/mol. The molecule has 0 spiro atoms. The van der Waals surface area contributed by atoms with Crippen LogP contribution >= 0.6 is 15.9 Å². The van der Waals surface area contributed by atoms with Crippen LogP contribution in [-0.2, 0) is 0 Å². The van der Waals surface area contributed by atoms with Crippen LogP contribution in [0.2, 0.25) is 0 Å². The van der Waals surface area contributed by atoms with E-state index in [0.717, 1.165) is 32.1 Å². The number of hydrogen-bond donors (Lipinski definition) is 0. The molecule has 0 aliphatic carbocycles. The molecule has 0 atom stereocenters. The van der Waals surface area contributed by atoms with Crippen LogP contribution in [0, 0.1) is 11.3 Å². The predicted octanol–water partition coefficient (Wildman–Crippen LogP) is 6.23. The molecule has 25 heavy (non-hydrogen) atoms. The quantitative estimate of drug-likeness (QED) is 0.294. The third-order valence-corrected chi connectivity index (χ3v) is 4.38. The number of ether oxygens (including phenoxy) is 1. The molecule has 3 aromatic rings. The summed E-state index contributed by atoms with van der Waals surface area (Å²) in [4.78, 5) is 0. The summed E-state index contributed by atoms with van der Waals surface area (Å²) >= 11 is 3.42. The van der Waals surface area contributed by atoms with E-state index < -0.39 is 0 Å². The molecule has 0 saturated carbocycles. The van der Waals surface area contributed by atoms with Crippen molar-refractivity contribution in [3.8, 4) is 11.8 Å². The lowest BCUT2D eigenvalue weighted by atomic mass is 9.98. The van der Waals surface area contributed by atoms with Crippen LogP contribution in [-0.4, -0.2) is 6.61 Å². The van der Waals surface area contributed by atoms with Crippen LogP contribution in [0.1, 0.15) is 11.1 Å². The van der Waals surface area contributed by atoms with E-state index >= 15 is 0 Å². The lowest BCUT2D eigenvalue weighted by Crippen LogP contribution is -1.96. The Morgan fingerprint density at radius 1 is 1.08 bits per heavy atom. The van der Waals surface area contributed by atoms with E-state index in [-0.39, 0.29) is 0 Å². The summed E-state index contributed by atoms with van der Waals surface area (Å²) in [5, 5.41) is 11.8. The highest BCUT2D eigenvalue weighted by Crippen LogP contribution is 2.32. The zero-order chi connectivity index (χ0) is 17.6. The van der Waals surface area contributed by atoms with Gasteiger partial charge in [0.25, 0.3) is 0 Å². The van der Waals surface area contributed by atoms with Gasteiger partial charge in [-0.05, 0) is 40.6 Å². The van der Waals surface area contributed by atoms with Gasteiger partial charge in [0.2, 0.25) is 0 Å². The van der Waals surface area contributed by atoms with Crippen molar-refractivity contribution in [1.29, 1.82) is 5.26 Å². The average molecular weight is 390 g/mol. The van der Waals surface area contributed by atoms with Crippen molar-refractivity contribution in [3.05, 3.63) is 88.9 Å². The molecule has 122 valence electrons. The van der Waals surface area contributed by atoms with E-state index in [0.29, 0.717) is 12.2 Å². The van der Waals surface area contributed by atoms with Crippen LogP contribution in [0.3, 0.4) is 0 Å². The van der Waals surface area contributed by atoms with Gasteiger partial charge < -0.3 is 4.74 Å². The largest absolute Gasteiger partial charge is 0.489 e. The van der Waals surface area contributed by atoms with Crippen LogP contribution < -0.4 is 4.74 Å². The van der Waals surface area contributed by atoms with Crippen molar-refractivity contribution in [2.75, 3.05) is 6.61 Å². The minimum atomic E-state index is 0.416. The molecule has 0 radical (unpaired) electrons. The second-order valence-electron chi connectivity index (χ2n) is 5.47. The van der Waals surface area contributed by atoms with Gasteiger partial charge in [0.1, 0.15) is 12.4 Å². The molecule has 0 bridgehead atoms. The minimum Gasteiger partial charge on any atom is -0.489 e. The maximum absolute atomic E-state index is 9.66. The molecule has 0 saturated heterocycles. The molecule has 0 fully saturated rings. The van der Waals surface area contributed by atoms with Crippen molar-refractivity contribution in [3.63, 3.8) is 0 Å². The number of rotatable bonds is 5. The maximum atomic E-state index is 9.66. The molecule has 0 aliphatic heterocycles. The molecular formula is C22H16BrNO. The number of hydrogen-bond acceptors (Lipinski definition) is 2. The fourth-order valence-corrected chi connectivity index (χ4v) is 2.92. The topological polar surface area (TPSA) is 33.0 Å². The second-order valence-corrected chi connectivity index (χ2v) is 6.39. The van der Waals surface area contributed by atoms with Gasteiger partial charge in [-0.3, -0.25) is 0 Å². The van der Waals surface area contributed by atoms with Gasteiger partial charge in [-0.15, -0.1) is 0 Å². The molecule has 3 rings (SSSR count). The highest BCUT2D eigenvalue weighted by molar-refractivity contribution is 9.10. The van der Waals surface area contributed by atoms with Crippen molar-refractivity contribution >= 4 is 38.4 Å². The third kappa shape index (κ3) is 3.81. The Balaban J connectivity index is 2.19. The SMILES string of the molecule is C=CCOc1ccc2ccccc2c1/C=C(\C#N)c1ccc(Br)cc1. The summed E-state index contributed by atoms with van der Waals surface area (Å²) < 4.78 is 6.80. The molecule has 0 unspecified atom stereocenters. The van der Waals surface area contributed by atoms with Gasteiger partial charge in [-0.2, -0.15) is 5.26 Å².